The highest BCUT2D eigenvalue weighted by atomic mass is 32.2. The molecule has 2 N–H and O–H groups in total. The van der Waals surface area contributed by atoms with Crippen molar-refractivity contribution in [2.45, 2.75) is 35.6 Å². The van der Waals surface area contributed by atoms with E-state index in [9.17, 15) is 13.4 Å². The van der Waals surface area contributed by atoms with E-state index >= 15 is 0 Å². The first-order valence-electron chi connectivity index (χ1n) is 10.9. The highest BCUT2D eigenvalue weighted by Crippen LogP contribution is 2.42. The summed E-state index contributed by atoms with van der Waals surface area (Å²) in [6.07, 6.45) is 6.07. The lowest BCUT2D eigenvalue weighted by atomic mass is 10.1. The van der Waals surface area contributed by atoms with Crippen LogP contribution < -0.4 is 9.64 Å². The second kappa shape index (κ2) is 13.4. The van der Waals surface area contributed by atoms with E-state index in [0.29, 0.717) is 17.2 Å². The van der Waals surface area contributed by atoms with Crippen LogP contribution in [0.4, 0.5) is 15.8 Å². The van der Waals surface area contributed by atoms with E-state index in [2.05, 4.69) is 16.2 Å². The number of para-hydroxylation sites is 1. The number of hydrogen-bond acceptors (Lipinski definition) is 6. The Kier molecular flexibility index (Phi) is 11.0. The molecule has 35 heavy (non-hydrogen) atoms. The van der Waals surface area contributed by atoms with Crippen LogP contribution in [-0.4, -0.2) is 52.5 Å². The molecule has 0 aromatic heterocycles. The summed E-state index contributed by atoms with van der Waals surface area (Å²) in [5.41, 5.74) is 1.78. The van der Waals surface area contributed by atoms with Gasteiger partial charge in [0.25, 0.3) is 0 Å². The van der Waals surface area contributed by atoms with Gasteiger partial charge in [0.1, 0.15) is 23.0 Å². The quantitative estimate of drug-likeness (QED) is 0.155. The number of likely N-dealkylation sites (N-methyl/N-ethyl adjacent to an activating group) is 1. The number of hydrogen-bond donors (Lipinski definition) is 0. The molecule has 1 aliphatic rings. The number of thioether (sulfide) groups is 1. The van der Waals surface area contributed by atoms with Crippen LogP contribution in [0, 0.1) is 0 Å². The molecular weight excluding hydrogens is 491 g/mol. The van der Waals surface area contributed by atoms with Crippen LogP contribution in [0.5, 0.6) is 5.75 Å². The zero-order valence-corrected chi connectivity index (χ0v) is 21.7. The van der Waals surface area contributed by atoms with E-state index in [4.69, 9.17) is 4.74 Å². The molecule has 1 aliphatic heterocycles. The monoisotopic (exact) mass is 522 g/mol. The zero-order valence-electron chi connectivity index (χ0n) is 20.0. The molecular formula is C25H31FN2O5S2. The maximum atomic E-state index is 14.1. The first-order valence-corrected chi connectivity index (χ1v) is 13.2. The number of carbonyl (C=O) groups is 1. The highest BCUT2D eigenvalue weighted by Gasteiger charge is 2.32. The number of esters is 1. The first-order chi connectivity index (χ1) is 16.4. The molecule has 10 heteroatoms. The molecule has 0 spiro atoms. The fraction of sp³-hybridized carbons (Fsp3) is 0.320. The predicted molar refractivity (Wildman–Crippen MR) is 139 cm³/mol. The molecule has 2 unspecified atom stereocenters. The van der Waals surface area contributed by atoms with Gasteiger partial charge in [0.05, 0.1) is 22.1 Å². The lowest BCUT2D eigenvalue weighted by Gasteiger charge is -2.29. The van der Waals surface area contributed by atoms with Gasteiger partial charge in [0.15, 0.2) is 0 Å². The number of ether oxygens (including phenoxy) is 2. The Morgan fingerprint density at radius 1 is 1.31 bits per heavy atom. The molecule has 1 heterocycles. The Morgan fingerprint density at radius 3 is 2.66 bits per heavy atom. The third kappa shape index (κ3) is 6.72. The molecule has 0 radical (unpaired) electrons. The van der Waals surface area contributed by atoms with Crippen molar-refractivity contribution in [1.82, 2.24) is 4.31 Å². The summed E-state index contributed by atoms with van der Waals surface area (Å²) < 4.78 is 39.7. The first kappa shape index (κ1) is 28.6. The van der Waals surface area contributed by atoms with E-state index in [1.54, 1.807) is 13.0 Å². The van der Waals surface area contributed by atoms with Crippen molar-refractivity contribution in [2.24, 2.45) is 0 Å². The lowest BCUT2D eigenvalue weighted by Crippen LogP contribution is -2.38. The molecule has 7 nitrogen and oxygen atoms in total. The Morgan fingerprint density at radius 2 is 2.03 bits per heavy atom. The number of halogens is 1. The van der Waals surface area contributed by atoms with E-state index in [1.807, 2.05) is 60.1 Å². The van der Waals surface area contributed by atoms with Crippen molar-refractivity contribution in [3.8, 4) is 5.75 Å². The number of fused-ring (bicyclic) bond motifs is 1. The zero-order chi connectivity index (χ0) is 24.7. The van der Waals surface area contributed by atoms with Crippen molar-refractivity contribution in [2.75, 3.05) is 31.4 Å². The molecule has 0 saturated heterocycles. The maximum absolute atomic E-state index is 14.1. The van der Waals surface area contributed by atoms with Crippen molar-refractivity contribution < 1.29 is 28.3 Å². The van der Waals surface area contributed by atoms with Crippen LogP contribution in [-0.2, 0) is 20.5 Å². The normalized spacial score (nSPS) is 18.2. The van der Waals surface area contributed by atoms with Gasteiger partial charge in [-0.25, -0.2) is 13.3 Å². The Hall–Kier alpha value is -2.66. The van der Waals surface area contributed by atoms with E-state index in [0.717, 1.165) is 35.4 Å². The molecule has 0 bridgehead atoms. The number of allylic oxidation sites excluding steroid dienone is 1. The van der Waals surface area contributed by atoms with Crippen LogP contribution in [0.25, 0.3) is 0 Å². The van der Waals surface area contributed by atoms with Crippen molar-refractivity contribution in [3.05, 3.63) is 67.2 Å². The average molecular weight is 523 g/mol. The molecule has 190 valence electrons. The summed E-state index contributed by atoms with van der Waals surface area (Å²) in [6.45, 7) is 6.12. The van der Waals surface area contributed by atoms with E-state index < -0.39 is 22.8 Å². The molecule has 0 saturated carbocycles. The van der Waals surface area contributed by atoms with Gasteiger partial charge in [-0.1, -0.05) is 24.3 Å². The summed E-state index contributed by atoms with van der Waals surface area (Å²) in [5.74, 6) is -1.92. The molecule has 0 amide bonds. The lowest BCUT2D eigenvalue weighted by molar-refractivity contribution is -0.140. The number of carbonyl (C=O) groups excluding carboxylic acids is 1. The molecule has 2 aromatic carbocycles. The third-order valence-electron chi connectivity index (χ3n) is 5.42. The van der Waals surface area contributed by atoms with Gasteiger partial charge < -0.3 is 19.8 Å². The highest BCUT2D eigenvalue weighted by molar-refractivity contribution is 7.98. The van der Waals surface area contributed by atoms with Crippen molar-refractivity contribution in [1.29, 1.82) is 0 Å². The van der Waals surface area contributed by atoms with Gasteiger partial charge in [-0.2, -0.15) is 4.39 Å². The smallest absolute Gasteiger partial charge is 0.370 e. The fourth-order valence-corrected chi connectivity index (χ4v) is 5.49. The molecule has 2 aromatic rings. The second-order valence-corrected chi connectivity index (χ2v) is 9.90. The van der Waals surface area contributed by atoms with Gasteiger partial charge in [-0.15, -0.1) is 18.3 Å². The molecule has 0 fully saturated rings. The molecule has 3 rings (SSSR count). The Bertz CT molecular complexity index is 1080. The second-order valence-electron chi connectivity index (χ2n) is 7.54. The maximum Gasteiger partial charge on any atom is 0.370 e. The standard InChI is InChI=1S/C25H29FN2O4S2.H2O/c1-5-7-11-19-16-28(18-12-9-8-10-13-18)21-14-23(33-4)22(15-24(21)34(30)27(19)3)32-17-20(26)25(29)31-6-2;/h5,8-10,12-15,17,19H,1,6-7,11,16H2,2-4H3;1H2/b20-17-;. The van der Waals surface area contributed by atoms with Crippen molar-refractivity contribution >= 4 is 40.1 Å². The summed E-state index contributed by atoms with van der Waals surface area (Å²) in [7, 11) is 0.349. The van der Waals surface area contributed by atoms with Crippen LogP contribution >= 0.6 is 11.8 Å². The summed E-state index contributed by atoms with van der Waals surface area (Å²) in [4.78, 5) is 15.0. The minimum atomic E-state index is -1.49. The number of nitrogens with zero attached hydrogens (tertiary/aromatic N) is 2. The fourth-order valence-electron chi connectivity index (χ4n) is 3.65. The Balaban J connectivity index is 0.00000432. The minimum Gasteiger partial charge on any atom is -0.461 e. The molecule has 0 aliphatic carbocycles. The summed E-state index contributed by atoms with van der Waals surface area (Å²) in [6, 6.07) is 13.5. The van der Waals surface area contributed by atoms with Gasteiger partial charge in [0, 0.05) is 31.4 Å². The molecule has 2 atom stereocenters. The van der Waals surface area contributed by atoms with Crippen LogP contribution in [0.3, 0.4) is 0 Å². The minimum absolute atomic E-state index is 0. The SMILES string of the molecule is C=CCCC1CN(c2ccccc2)c2cc(SC)c(O/C=C(\F)C(=O)OCC)cc2S(=O)N1C.O. The van der Waals surface area contributed by atoms with Crippen molar-refractivity contribution in [3.63, 3.8) is 0 Å². The number of benzene rings is 2. The van der Waals surface area contributed by atoms with Gasteiger partial charge >= 0.3 is 5.97 Å². The van der Waals surface area contributed by atoms with E-state index in [1.165, 1.54) is 11.8 Å². The predicted octanol–water partition coefficient (Wildman–Crippen LogP) is 4.78. The average Bonchev–Trinajstić information content (AvgIpc) is 2.96. The van der Waals surface area contributed by atoms with Gasteiger partial charge in [-0.3, -0.25) is 0 Å². The summed E-state index contributed by atoms with van der Waals surface area (Å²) in [5, 5.41) is 0. The number of rotatable bonds is 9. The van der Waals surface area contributed by atoms with E-state index in [-0.39, 0.29) is 18.1 Å². The van der Waals surface area contributed by atoms with Crippen LogP contribution in [0.15, 0.2) is 77.0 Å². The Labute approximate surface area is 212 Å². The number of anilines is 2. The van der Waals surface area contributed by atoms with Gasteiger partial charge in [0.2, 0.25) is 5.83 Å². The summed E-state index contributed by atoms with van der Waals surface area (Å²) >= 11 is 1.41. The van der Waals surface area contributed by atoms with Crippen LogP contribution in [0.1, 0.15) is 19.8 Å². The van der Waals surface area contributed by atoms with Gasteiger partial charge in [-0.05, 0) is 44.2 Å². The third-order valence-corrected chi connectivity index (χ3v) is 7.71. The topological polar surface area (TPSA) is 90.6 Å². The van der Waals surface area contributed by atoms with Crippen LogP contribution in [0.2, 0.25) is 0 Å². The largest absolute Gasteiger partial charge is 0.461 e.